The second kappa shape index (κ2) is 5.09. The first-order valence-corrected chi connectivity index (χ1v) is 7.72. The van der Waals surface area contributed by atoms with Crippen LogP contribution in [-0.2, 0) is 4.79 Å². The number of esters is 1. The quantitative estimate of drug-likeness (QED) is 0.425. The number of carbonyl (C=O) groups is 1. The van der Waals surface area contributed by atoms with Gasteiger partial charge in [-0.05, 0) is 48.3 Å². The summed E-state index contributed by atoms with van der Waals surface area (Å²) < 4.78 is 4.93. The molecule has 3 heteroatoms. The van der Waals surface area contributed by atoms with Crippen LogP contribution in [0.5, 0.6) is 5.75 Å². The lowest BCUT2D eigenvalue weighted by Crippen LogP contribution is -2.00. The van der Waals surface area contributed by atoms with Crippen LogP contribution >= 0.6 is 10.0 Å². The second-order valence-electron chi connectivity index (χ2n) is 4.18. The Kier molecular flexibility index (Phi) is 4.03. The molecule has 1 rings (SSSR count). The molecular formula is C13H16O2S. The average Bonchev–Trinajstić information content (AvgIpc) is 2.14. The Balaban J connectivity index is 2.78. The maximum atomic E-state index is 10.7. The fraction of sp³-hybridized carbons (Fsp3) is 0.308. The van der Waals surface area contributed by atoms with Gasteiger partial charge in [-0.2, -0.15) is 10.0 Å². The molecule has 0 aliphatic rings. The van der Waals surface area contributed by atoms with Gasteiger partial charge in [-0.15, -0.1) is 0 Å². The zero-order chi connectivity index (χ0) is 12.2. The molecule has 0 saturated carbocycles. The number of rotatable bonds is 1. The molecule has 0 spiro atoms. The fourth-order valence-electron chi connectivity index (χ4n) is 0.984. The highest BCUT2D eigenvalue weighted by atomic mass is 32.3. The molecule has 0 aromatic heterocycles. The topological polar surface area (TPSA) is 26.3 Å². The van der Waals surface area contributed by atoms with Crippen LogP contribution in [0.25, 0.3) is 0 Å². The molecule has 1 aromatic rings. The molecule has 0 amide bonds. The largest absolute Gasteiger partial charge is 0.427 e. The van der Waals surface area contributed by atoms with Gasteiger partial charge in [0.1, 0.15) is 5.75 Å². The zero-order valence-electron chi connectivity index (χ0n) is 10.0. The minimum absolute atomic E-state index is 0.307. The van der Waals surface area contributed by atoms with Gasteiger partial charge >= 0.3 is 5.97 Å². The fourth-order valence-corrected chi connectivity index (χ4v) is 1.41. The highest BCUT2D eigenvalue weighted by Gasteiger charge is 1.98. The summed E-state index contributed by atoms with van der Waals surface area (Å²) in [6.45, 7) is 1.39. The molecule has 0 saturated heterocycles. The van der Waals surface area contributed by atoms with Crippen molar-refractivity contribution in [3.63, 3.8) is 0 Å². The predicted molar refractivity (Wildman–Crippen MR) is 70.0 cm³/mol. The van der Waals surface area contributed by atoms with Crippen molar-refractivity contribution in [3.05, 3.63) is 29.8 Å². The normalized spacial score (nSPS) is 11.2. The molecule has 0 aliphatic heterocycles. The molecule has 0 fully saturated rings. The van der Waals surface area contributed by atoms with Gasteiger partial charge in [0.15, 0.2) is 0 Å². The molecular weight excluding hydrogens is 220 g/mol. The lowest BCUT2D eigenvalue weighted by Gasteiger charge is -2.14. The SMILES string of the molecule is CC(=O)Oc1ccc(C#CS(C)(C)C)cc1. The van der Waals surface area contributed by atoms with Crippen molar-refractivity contribution < 1.29 is 9.53 Å². The Morgan fingerprint density at radius 3 is 2.19 bits per heavy atom. The first kappa shape index (κ1) is 12.7. The van der Waals surface area contributed by atoms with E-state index in [4.69, 9.17) is 4.74 Å². The van der Waals surface area contributed by atoms with Gasteiger partial charge in [0.2, 0.25) is 0 Å². The third kappa shape index (κ3) is 4.90. The van der Waals surface area contributed by atoms with Crippen molar-refractivity contribution >= 4 is 16.0 Å². The first-order valence-electron chi connectivity index (χ1n) is 4.86. The van der Waals surface area contributed by atoms with E-state index in [2.05, 4.69) is 29.9 Å². The number of carbonyl (C=O) groups excluding carboxylic acids is 1. The van der Waals surface area contributed by atoms with E-state index >= 15 is 0 Å². The van der Waals surface area contributed by atoms with Gasteiger partial charge < -0.3 is 4.74 Å². The van der Waals surface area contributed by atoms with Gasteiger partial charge in [0.05, 0.1) is 0 Å². The molecule has 2 nitrogen and oxygen atoms in total. The Labute approximate surface area is 98.3 Å². The van der Waals surface area contributed by atoms with E-state index in [0.717, 1.165) is 5.56 Å². The average molecular weight is 236 g/mol. The molecule has 0 N–H and O–H groups in total. The van der Waals surface area contributed by atoms with Crippen LogP contribution in [0.2, 0.25) is 0 Å². The van der Waals surface area contributed by atoms with Crippen molar-refractivity contribution in [1.29, 1.82) is 0 Å². The van der Waals surface area contributed by atoms with E-state index in [1.54, 1.807) is 12.1 Å². The van der Waals surface area contributed by atoms with Crippen LogP contribution in [0, 0.1) is 11.2 Å². The maximum absolute atomic E-state index is 10.7. The third-order valence-corrected chi connectivity index (χ3v) is 2.33. The van der Waals surface area contributed by atoms with Crippen LogP contribution in [0.3, 0.4) is 0 Å². The van der Waals surface area contributed by atoms with Gasteiger partial charge in [0.25, 0.3) is 0 Å². The van der Waals surface area contributed by atoms with E-state index in [1.165, 1.54) is 6.92 Å². The predicted octanol–water partition coefficient (Wildman–Crippen LogP) is 2.61. The molecule has 0 bridgehead atoms. The highest BCUT2D eigenvalue weighted by Crippen LogP contribution is 2.32. The Morgan fingerprint density at radius 2 is 1.75 bits per heavy atom. The van der Waals surface area contributed by atoms with Gasteiger partial charge in [-0.25, -0.2) is 0 Å². The van der Waals surface area contributed by atoms with Crippen LogP contribution in [0.1, 0.15) is 12.5 Å². The van der Waals surface area contributed by atoms with Gasteiger partial charge in [-0.1, -0.05) is 5.92 Å². The molecule has 0 radical (unpaired) electrons. The Hall–Kier alpha value is -1.40. The summed E-state index contributed by atoms with van der Waals surface area (Å²) in [4.78, 5) is 10.7. The second-order valence-corrected chi connectivity index (χ2v) is 8.06. The molecule has 1 aromatic carbocycles. The van der Waals surface area contributed by atoms with E-state index in [1.807, 2.05) is 12.1 Å². The lowest BCUT2D eigenvalue weighted by molar-refractivity contribution is -0.131. The van der Waals surface area contributed by atoms with Crippen molar-refractivity contribution in [1.82, 2.24) is 0 Å². The molecule has 16 heavy (non-hydrogen) atoms. The molecule has 0 aliphatic carbocycles. The smallest absolute Gasteiger partial charge is 0.308 e. The number of hydrogen-bond acceptors (Lipinski definition) is 2. The van der Waals surface area contributed by atoms with Crippen molar-refractivity contribution in [3.8, 4) is 16.9 Å². The monoisotopic (exact) mass is 236 g/mol. The number of benzene rings is 1. The Bertz CT molecular complexity index is 430. The van der Waals surface area contributed by atoms with E-state index in [0.29, 0.717) is 5.75 Å². The van der Waals surface area contributed by atoms with Crippen LogP contribution in [0.4, 0.5) is 0 Å². The maximum Gasteiger partial charge on any atom is 0.308 e. The molecule has 86 valence electrons. The molecule has 0 unspecified atom stereocenters. The summed E-state index contributed by atoms with van der Waals surface area (Å²) >= 11 is 0. The van der Waals surface area contributed by atoms with Crippen LogP contribution < -0.4 is 4.74 Å². The third-order valence-electron chi connectivity index (χ3n) is 1.62. The summed E-state index contributed by atoms with van der Waals surface area (Å²) in [5.74, 6) is 3.36. The lowest BCUT2D eigenvalue weighted by atomic mass is 10.2. The summed E-state index contributed by atoms with van der Waals surface area (Å²) in [7, 11) is -0.798. The van der Waals surface area contributed by atoms with Crippen molar-refractivity contribution in [2.75, 3.05) is 18.8 Å². The number of hydrogen-bond donors (Lipinski definition) is 0. The van der Waals surface area contributed by atoms with E-state index in [-0.39, 0.29) is 5.97 Å². The minimum atomic E-state index is -0.798. The summed E-state index contributed by atoms with van der Waals surface area (Å²) in [5, 5.41) is 3.22. The minimum Gasteiger partial charge on any atom is -0.427 e. The standard InChI is InChI=1S/C13H16O2S/c1-11(14)15-13-7-5-12(6-8-13)9-10-16(2,3)4/h5-8H,1-4H3. The zero-order valence-corrected chi connectivity index (χ0v) is 10.9. The van der Waals surface area contributed by atoms with Crippen molar-refractivity contribution in [2.45, 2.75) is 6.92 Å². The summed E-state index contributed by atoms with van der Waals surface area (Å²) in [6, 6.07) is 7.22. The molecule has 0 atom stereocenters. The van der Waals surface area contributed by atoms with Crippen LogP contribution in [0.15, 0.2) is 24.3 Å². The van der Waals surface area contributed by atoms with Crippen molar-refractivity contribution in [2.24, 2.45) is 0 Å². The van der Waals surface area contributed by atoms with E-state index in [9.17, 15) is 4.79 Å². The van der Waals surface area contributed by atoms with Gasteiger partial charge in [-0.3, -0.25) is 4.79 Å². The summed E-state index contributed by atoms with van der Waals surface area (Å²) in [5.41, 5.74) is 0.943. The van der Waals surface area contributed by atoms with Crippen LogP contribution in [-0.4, -0.2) is 24.7 Å². The molecule has 0 heterocycles. The van der Waals surface area contributed by atoms with Gasteiger partial charge in [0, 0.05) is 12.5 Å². The summed E-state index contributed by atoms with van der Waals surface area (Å²) in [6.07, 6.45) is 6.44. The first-order chi connectivity index (χ1) is 7.37. The van der Waals surface area contributed by atoms with E-state index < -0.39 is 10.0 Å². The highest BCUT2D eigenvalue weighted by molar-refractivity contribution is 8.35. The Morgan fingerprint density at radius 1 is 1.19 bits per heavy atom. The number of ether oxygens (including phenoxy) is 1.